The normalized spacial score (nSPS) is 17.9. The zero-order valence-electron chi connectivity index (χ0n) is 15.0. The fourth-order valence-corrected chi connectivity index (χ4v) is 4.55. The molecule has 140 valence electrons. The third-order valence-corrected chi connectivity index (χ3v) is 6.13. The Morgan fingerprint density at radius 1 is 1.15 bits per heavy atom. The van der Waals surface area contributed by atoms with Gasteiger partial charge in [0.05, 0.1) is 20.8 Å². The van der Waals surface area contributed by atoms with Crippen molar-refractivity contribution in [1.82, 2.24) is 9.29 Å². The molecule has 0 radical (unpaired) electrons. The van der Waals surface area contributed by atoms with Gasteiger partial charge in [-0.05, 0) is 31.5 Å². The van der Waals surface area contributed by atoms with Crippen molar-refractivity contribution in [1.29, 1.82) is 0 Å². The monoisotopic (exact) mass is 378 g/mol. The largest absolute Gasteiger partial charge is 0.497 e. The molecule has 1 aromatic heterocycles. The van der Waals surface area contributed by atoms with Gasteiger partial charge in [0, 0.05) is 24.4 Å². The van der Waals surface area contributed by atoms with E-state index in [4.69, 9.17) is 14.2 Å². The lowest BCUT2D eigenvalue weighted by atomic mass is 10.3. The molecule has 7 nitrogen and oxygen atoms in total. The summed E-state index contributed by atoms with van der Waals surface area (Å²) >= 11 is 0. The predicted molar refractivity (Wildman–Crippen MR) is 96.3 cm³/mol. The molecule has 2 heterocycles. The Bertz CT molecular complexity index is 885. The van der Waals surface area contributed by atoms with E-state index in [9.17, 15) is 8.42 Å². The SMILES string of the molecule is COc1ccc(OC)c(S(=O)(=O)N2CCC(Oc3cccc(C)n3)C2)c1. The van der Waals surface area contributed by atoms with Crippen LogP contribution in [-0.2, 0) is 10.0 Å². The van der Waals surface area contributed by atoms with Crippen molar-refractivity contribution in [3.8, 4) is 17.4 Å². The van der Waals surface area contributed by atoms with E-state index in [0.29, 0.717) is 24.6 Å². The first-order valence-electron chi connectivity index (χ1n) is 8.26. The average Bonchev–Trinajstić information content (AvgIpc) is 3.10. The smallest absolute Gasteiger partial charge is 0.247 e. The van der Waals surface area contributed by atoms with Gasteiger partial charge >= 0.3 is 0 Å². The summed E-state index contributed by atoms with van der Waals surface area (Å²) in [7, 11) is -0.782. The molecule has 1 aliphatic heterocycles. The average molecular weight is 378 g/mol. The van der Waals surface area contributed by atoms with Crippen LogP contribution in [0.4, 0.5) is 0 Å². The van der Waals surface area contributed by atoms with E-state index in [1.165, 1.54) is 24.6 Å². The second kappa shape index (κ2) is 7.51. The molecule has 8 heteroatoms. The van der Waals surface area contributed by atoms with Crippen LogP contribution in [0.5, 0.6) is 17.4 Å². The zero-order valence-corrected chi connectivity index (χ0v) is 15.8. The maximum Gasteiger partial charge on any atom is 0.247 e. The molecule has 0 saturated carbocycles. The molecule has 0 N–H and O–H groups in total. The highest BCUT2D eigenvalue weighted by Crippen LogP contribution is 2.32. The van der Waals surface area contributed by atoms with Gasteiger partial charge in [-0.3, -0.25) is 0 Å². The number of ether oxygens (including phenoxy) is 3. The quantitative estimate of drug-likeness (QED) is 0.767. The summed E-state index contributed by atoms with van der Waals surface area (Å²) in [5, 5.41) is 0. The van der Waals surface area contributed by atoms with Gasteiger partial charge in [-0.25, -0.2) is 13.4 Å². The number of hydrogen-bond donors (Lipinski definition) is 0. The molecular formula is C18H22N2O5S. The van der Waals surface area contributed by atoms with Gasteiger partial charge in [0.1, 0.15) is 22.5 Å². The van der Waals surface area contributed by atoms with Crippen LogP contribution < -0.4 is 14.2 Å². The van der Waals surface area contributed by atoms with E-state index in [0.717, 1.165) is 5.69 Å². The number of benzene rings is 1. The van der Waals surface area contributed by atoms with E-state index in [-0.39, 0.29) is 23.3 Å². The Morgan fingerprint density at radius 3 is 2.65 bits per heavy atom. The first-order valence-corrected chi connectivity index (χ1v) is 9.70. The Kier molecular flexibility index (Phi) is 5.33. The molecule has 1 saturated heterocycles. The number of hydrogen-bond acceptors (Lipinski definition) is 6. The standard InChI is InChI=1S/C18H22N2O5S/c1-13-5-4-6-18(19-13)25-15-9-10-20(12-15)26(21,22)17-11-14(23-2)7-8-16(17)24-3/h4-8,11,15H,9-10,12H2,1-3H3. The van der Waals surface area contributed by atoms with Crippen LogP contribution in [0.25, 0.3) is 0 Å². The van der Waals surface area contributed by atoms with Crippen molar-refractivity contribution in [3.05, 3.63) is 42.1 Å². The Labute approximate surface area is 153 Å². The zero-order chi connectivity index (χ0) is 18.7. The summed E-state index contributed by atoms with van der Waals surface area (Å²) < 4.78 is 43.7. The molecule has 1 aromatic carbocycles. The van der Waals surface area contributed by atoms with E-state index in [2.05, 4.69) is 4.98 Å². The first kappa shape index (κ1) is 18.5. The summed E-state index contributed by atoms with van der Waals surface area (Å²) in [6.07, 6.45) is 0.358. The van der Waals surface area contributed by atoms with Crippen LogP contribution in [0.3, 0.4) is 0 Å². The number of pyridine rings is 1. The lowest BCUT2D eigenvalue weighted by Gasteiger charge is -2.19. The highest BCUT2D eigenvalue weighted by atomic mass is 32.2. The van der Waals surface area contributed by atoms with Crippen LogP contribution in [-0.4, -0.2) is 51.1 Å². The third-order valence-electron chi connectivity index (χ3n) is 4.25. The van der Waals surface area contributed by atoms with Crippen LogP contribution in [0.1, 0.15) is 12.1 Å². The topological polar surface area (TPSA) is 78.0 Å². The van der Waals surface area contributed by atoms with Crippen LogP contribution in [0.2, 0.25) is 0 Å². The fraction of sp³-hybridized carbons (Fsp3) is 0.389. The summed E-state index contributed by atoms with van der Waals surface area (Å²) in [6.45, 7) is 2.52. The van der Waals surface area contributed by atoms with Crippen LogP contribution in [0, 0.1) is 6.92 Å². The fourth-order valence-electron chi connectivity index (χ4n) is 2.89. The summed E-state index contributed by atoms with van der Waals surface area (Å²) in [6, 6.07) is 10.2. The lowest BCUT2D eigenvalue weighted by molar-refractivity contribution is 0.206. The molecule has 1 fully saturated rings. The van der Waals surface area contributed by atoms with Crippen molar-refractivity contribution >= 4 is 10.0 Å². The van der Waals surface area contributed by atoms with Gasteiger partial charge in [0.2, 0.25) is 15.9 Å². The van der Waals surface area contributed by atoms with Crippen molar-refractivity contribution in [2.24, 2.45) is 0 Å². The van der Waals surface area contributed by atoms with Gasteiger partial charge in [-0.15, -0.1) is 0 Å². The lowest BCUT2D eigenvalue weighted by Crippen LogP contribution is -2.31. The third kappa shape index (κ3) is 3.76. The molecule has 2 aromatic rings. The molecule has 1 atom stereocenters. The highest BCUT2D eigenvalue weighted by Gasteiger charge is 2.35. The van der Waals surface area contributed by atoms with Gasteiger partial charge in [-0.2, -0.15) is 4.31 Å². The number of aromatic nitrogens is 1. The second-order valence-electron chi connectivity index (χ2n) is 6.03. The minimum absolute atomic E-state index is 0.0914. The summed E-state index contributed by atoms with van der Waals surface area (Å²) in [4.78, 5) is 4.40. The molecule has 0 amide bonds. The summed E-state index contributed by atoms with van der Waals surface area (Å²) in [5.41, 5.74) is 0.853. The molecule has 3 rings (SSSR count). The molecule has 0 spiro atoms. The molecular weight excluding hydrogens is 356 g/mol. The Morgan fingerprint density at radius 2 is 1.96 bits per heavy atom. The number of rotatable bonds is 6. The highest BCUT2D eigenvalue weighted by molar-refractivity contribution is 7.89. The maximum absolute atomic E-state index is 13.1. The molecule has 0 bridgehead atoms. The second-order valence-corrected chi connectivity index (χ2v) is 7.93. The number of sulfonamides is 1. The van der Waals surface area contributed by atoms with E-state index in [1.807, 2.05) is 19.1 Å². The molecule has 26 heavy (non-hydrogen) atoms. The van der Waals surface area contributed by atoms with Crippen LogP contribution in [0.15, 0.2) is 41.3 Å². The van der Waals surface area contributed by atoms with Crippen molar-refractivity contribution < 1.29 is 22.6 Å². The van der Waals surface area contributed by atoms with Gasteiger partial charge in [-0.1, -0.05) is 6.07 Å². The Balaban J connectivity index is 1.79. The minimum atomic E-state index is -3.72. The van der Waals surface area contributed by atoms with Crippen LogP contribution >= 0.6 is 0 Å². The van der Waals surface area contributed by atoms with Crippen molar-refractivity contribution in [3.63, 3.8) is 0 Å². The van der Waals surface area contributed by atoms with E-state index >= 15 is 0 Å². The molecule has 1 aliphatic rings. The van der Waals surface area contributed by atoms with E-state index in [1.54, 1.807) is 18.2 Å². The minimum Gasteiger partial charge on any atom is -0.497 e. The number of methoxy groups -OCH3 is 2. The number of aryl methyl sites for hydroxylation is 1. The van der Waals surface area contributed by atoms with Gasteiger partial charge < -0.3 is 14.2 Å². The number of nitrogens with zero attached hydrogens (tertiary/aromatic N) is 2. The summed E-state index contributed by atoms with van der Waals surface area (Å²) in [5.74, 6) is 1.25. The van der Waals surface area contributed by atoms with Crippen molar-refractivity contribution in [2.75, 3.05) is 27.3 Å². The van der Waals surface area contributed by atoms with Crippen molar-refractivity contribution in [2.45, 2.75) is 24.3 Å². The molecule has 0 aliphatic carbocycles. The Hall–Kier alpha value is -2.32. The maximum atomic E-state index is 13.1. The predicted octanol–water partition coefficient (Wildman–Crippen LogP) is 2.25. The van der Waals surface area contributed by atoms with E-state index < -0.39 is 10.0 Å². The first-order chi connectivity index (χ1) is 12.4. The van der Waals surface area contributed by atoms with Gasteiger partial charge in [0.25, 0.3) is 0 Å². The van der Waals surface area contributed by atoms with Gasteiger partial charge in [0.15, 0.2) is 0 Å². The molecule has 1 unspecified atom stereocenters.